The van der Waals surface area contributed by atoms with Crippen LogP contribution in [0, 0.1) is 5.92 Å². The van der Waals surface area contributed by atoms with Crippen LogP contribution >= 0.6 is 0 Å². The van der Waals surface area contributed by atoms with E-state index in [9.17, 15) is 9.59 Å². The first-order valence-corrected chi connectivity index (χ1v) is 7.61. The molecule has 24 heavy (non-hydrogen) atoms. The fraction of sp³-hybridized carbons (Fsp3) is 0.467. The first kappa shape index (κ1) is 16.0. The average molecular weight is 329 g/mol. The Bertz CT molecular complexity index is 756. The molecule has 1 fully saturated rings. The van der Waals surface area contributed by atoms with Gasteiger partial charge in [0.25, 0.3) is 0 Å². The number of carbonyl (C=O) groups is 2. The van der Waals surface area contributed by atoms with Crippen molar-refractivity contribution in [3.63, 3.8) is 0 Å². The van der Waals surface area contributed by atoms with Crippen LogP contribution in [0.3, 0.4) is 0 Å². The van der Waals surface area contributed by atoms with Crippen LogP contribution in [0.2, 0.25) is 0 Å². The summed E-state index contributed by atoms with van der Waals surface area (Å²) < 4.78 is 0. The van der Waals surface area contributed by atoms with Gasteiger partial charge in [-0.05, 0) is 13.8 Å². The Morgan fingerprint density at radius 1 is 1.46 bits per heavy atom. The number of aromatic nitrogens is 5. The van der Waals surface area contributed by atoms with Gasteiger partial charge in [-0.2, -0.15) is 5.10 Å². The van der Waals surface area contributed by atoms with Crippen molar-refractivity contribution in [2.45, 2.75) is 32.4 Å². The van der Waals surface area contributed by atoms with Gasteiger partial charge in [-0.3, -0.25) is 19.7 Å². The van der Waals surface area contributed by atoms with Crippen LogP contribution in [0.4, 0.5) is 0 Å². The van der Waals surface area contributed by atoms with E-state index in [0.717, 1.165) is 0 Å². The highest BCUT2D eigenvalue weighted by Crippen LogP contribution is 2.34. The van der Waals surface area contributed by atoms with Crippen LogP contribution in [0.25, 0.3) is 11.5 Å². The Balaban J connectivity index is 1.63. The second kappa shape index (κ2) is 5.99. The minimum atomic E-state index is -0.507. The van der Waals surface area contributed by atoms with Crippen LogP contribution < -0.4 is 5.32 Å². The first-order chi connectivity index (χ1) is 11.4. The van der Waals surface area contributed by atoms with E-state index in [1.54, 1.807) is 30.5 Å². The van der Waals surface area contributed by atoms with Gasteiger partial charge in [0.1, 0.15) is 11.5 Å². The Hall–Kier alpha value is -2.84. The molecule has 0 aliphatic carbocycles. The van der Waals surface area contributed by atoms with E-state index in [2.05, 4.69) is 30.5 Å². The molecule has 9 nitrogen and oxygen atoms in total. The summed E-state index contributed by atoms with van der Waals surface area (Å²) in [5.41, 5.74) is 0.0448. The maximum atomic E-state index is 12.4. The third kappa shape index (κ3) is 2.84. The van der Waals surface area contributed by atoms with Gasteiger partial charge >= 0.3 is 0 Å². The van der Waals surface area contributed by atoms with E-state index in [1.807, 2.05) is 13.8 Å². The molecular weight excluding hydrogens is 310 g/mol. The zero-order valence-corrected chi connectivity index (χ0v) is 13.8. The molecular formula is C15H19N7O2. The second-order valence-electron chi connectivity index (χ2n) is 6.28. The summed E-state index contributed by atoms with van der Waals surface area (Å²) in [6, 6.07) is 0. The van der Waals surface area contributed by atoms with Gasteiger partial charge < -0.3 is 10.2 Å². The number of carbonyl (C=O) groups excluding carboxylic acids is 2. The zero-order valence-electron chi connectivity index (χ0n) is 13.8. The molecule has 1 atom stereocenters. The molecule has 0 bridgehead atoms. The lowest BCUT2D eigenvalue weighted by molar-refractivity contribution is -0.128. The summed E-state index contributed by atoms with van der Waals surface area (Å²) in [4.78, 5) is 38.3. The van der Waals surface area contributed by atoms with Gasteiger partial charge in [-0.1, -0.05) is 0 Å². The number of likely N-dealkylation sites (tertiary alicyclic amines) is 1. The van der Waals surface area contributed by atoms with Crippen LogP contribution in [0.15, 0.2) is 18.6 Å². The van der Waals surface area contributed by atoms with Crippen molar-refractivity contribution in [3.8, 4) is 11.5 Å². The van der Waals surface area contributed by atoms with E-state index in [-0.39, 0.29) is 24.8 Å². The summed E-state index contributed by atoms with van der Waals surface area (Å²) in [6.07, 6.45) is 4.91. The maximum Gasteiger partial charge on any atom is 0.226 e. The molecule has 126 valence electrons. The van der Waals surface area contributed by atoms with Crippen LogP contribution in [0.1, 0.15) is 26.1 Å². The Kier molecular flexibility index (Phi) is 4.00. The Morgan fingerprint density at radius 3 is 2.88 bits per heavy atom. The molecule has 2 aromatic heterocycles. The SMILES string of the molecule is CN1C(=O)CC(C(=O)NCc2nc(-c3cnccn3)n[nH]2)C1(C)C. The van der Waals surface area contributed by atoms with Crippen molar-refractivity contribution in [2.75, 3.05) is 7.05 Å². The molecule has 3 rings (SSSR count). The third-order valence-corrected chi connectivity index (χ3v) is 4.54. The summed E-state index contributed by atoms with van der Waals surface area (Å²) in [7, 11) is 1.72. The van der Waals surface area contributed by atoms with E-state index in [1.165, 1.54) is 0 Å². The molecule has 0 aromatic carbocycles. The van der Waals surface area contributed by atoms with Gasteiger partial charge in [0.2, 0.25) is 17.6 Å². The normalized spacial score (nSPS) is 19.5. The molecule has 2 N–H and O–H groups in total. The molecule has 3 heterocycles. The smallest absolute Gasteiger partial charge is 0.226 e. The molecule has 2 aromatic rings. The number of nitrogens with zero attached hydrogens (tertiary/aromatic N) is 5. The fourth-order valence-corrected chi connectivity index (χ4v) is 2.73. The molecule has 9 heteroatoms. The molecule has 1 saturated heterocycles. The third-order valence-electron chi connectivity index (χ3n) is 4.54. The number of nitrogens with one attached hydrogen (secondary N) is 2. The Morgan fingerprint density at radius 2 is 2.25 bits per heavy atom. The van der Waals surface area contributed by atoms with Crippen molar-refractivity contribution in [3.05, 3.63) is 24.4 Å². The van der Waals surface area contributed by atoms with Crippen LogP contribution in [-0.4, -0.2) is 54.5 Å². The van der Waals surface area contributed by atoms with E-state index >= 15 is 0 Å². The van der Waals surface area contributed by atoms with E-state index < -0.39 is 11.5 Å². The number of aromatic amines is 1. The van der Waals surface area contributed by atoms with Gasteiger partial charge in [0.15, 0.2) is 0 Å². The van der Waals surface area contributed by atoms with Gasteiger partial charge in [0.05, 0.1) is 18.7 Å². The van der Waals surface area contributed by atoms with Crippen molar-refractivity contribution in [1.82, 2.24) is 35.4 Å². The highest BCUT2D eigenvalue weighted by Gasteiger charge is 2.47. The zero-order chi connectivity index (χ0) is 17.3. The summed E-state index contributed by atoms with van der Waals surface area (Å²) in [5, 5.41) is 9.64. The monoisotopic (exact) mass is 329 g/mol. The maximum absolute atomic E-state index is 12.4. The average Bonchev–Trinajstić information content (AvgIpc) is 3.13. The molecule has 0 radical (unpaired) electrons. The standard InChI is InChI=1S/C15H19N7O2/c1-15(2)9(6-12(23)22(15)3)14(24)18-8-11-19-13(21-20-11)10-7-16-4-5-17-10/h4-5,7,9H,6,8H2,1-3H3,(H,18,24)(H,19,20,21). The number of rotatable bonds is 4. The molecule has 2 amide bonds. The number of amides is 2. The highest BCUT2D eigenvalue weighted by atomic mass is 16.2. The van der Waals surface area contributed by atoms with E-state index in [0.29, 0.717) is 17.3 Å². The molecule has 0 saturated carbocycles. The van der Waals surface area contributed by atoms with Gasteiger partial charge in [0, 0.05) is 31.4 Å². The largest absolute Gasteiger partial charge is 0.348 e. The fourth-order valence-electron chi connectivity index (χ4n) is 2.73. The molecule has 1 aliphatic rings. The predicted molar refractivity (Wildman–Crippen MR) is 84.2 cm³/mol. The molecule has 1 unspecified atom stereocenters. The minimum Gasteiger partial charge on any atom is -0.348 e. The predicted octanol–water partition coefficient (Wildman–Crippen LogP) is 0.135. The van der Waals surface area contributed by atoms with Crippen LogP contribution in [0.5, 0.6) is 0 Å². The number of hydrogen-bond donors (Lipinski definition) is 2. The topological polar surface area (TPSA) is 117 Å². The quantitative estimate of drug-likeness (QED) is 0.824. The molecule has 1 aliphatic heterocycles. The number of H-pyrrole nitrogens is 1. The second-order valence-corrected chi connectivity index (χ2v) is 6.28. The van der Waals surface area contributed by atoms with E-state index in [4.69, 9.17) is 0 Å². The van der Waals surface area contributed by atoms with Crippen molar-refractivity contribution < 1.29 is 9.59 Å². The lowest BCUT2D eigenvalue weighted by atomic mass is 9.88. The number of hydrogen-bond acceptors (Lipinski definition) is 6. The Labute approximate surface area is 138 Å². The van der Waals surface area contributed by atoms with Crippen molar-refractivity contribution in [2.24, 2.45) is 5.92 Å². The summed E-state index contributed by atoms with van der Waals surface area (Å²) >= 11 is 0. The van der Waals surface area contributed by atoms with Crippen molar-refractivity contribution in [1.29, 1.82) is 0 Å². The lowest BCUT2D eigenvalue weighted by Gasteiger charge is -2.32. The highest BCUT2D eigenvalue weighted by molar-refractivity contribution is 5.90. The minimum absolute atomic E-state index is 0.0234. The van der Waals surface area contributed by atoms with Crippen molar-refractivity contribution >= 4 is 11.8 Å². The summed E-state index contributed by atoms with van der Waals surface area (Å²) in [6.45, 7) is 3.99. The lowest BCUT2D eigenvalue weighted by Crippen LogP contribution is -2.46. The summed E-state index contributed by atoms with van der Waals surface area (Å²) in [5.74, 6) is 0.347. The van der Waals surface area contributed by atoms with Gasteiger partial charge in [-0.15, -0.1) is 0 Å². The van der Waals surface area contributed by atoms with Gasteiger partial charge in [-0.25, -0.2) is 9.97 Å². The molecule has 0 spiro atoms. The van der Waals surface area contributed by atoms with Crippen LogP contribution in [-0.2, 0) is 16.1 Å². The first-order valence-electron chi connectivity index (χ1n) is 7.61.